The summed E-state index contributed by atoms with van der Waals surface area (Å²) in [5.41, 5.74) is 1.27. The average Bonchev–Trinajstić information content (AvgIpc) is 3.58. The molecule has 0 aliphatic carbocycles. The van der Waals surface area contributed by atoms with E-state index in [2.05, 4.69) is 0 Å². The highest BCUT2D eigenvalue weighted by Crippen LogP contribution is 2.43. The summed E-state index contributed by atoms with van der Waals surface area (Å²) in [6.45, 7) is 0.265. The summed E-state index contributed by atoms with van der Waals surface area (Å²) in [5, 5.41) is 11.3. The van der Waals surface area contributed by atoms with Crippen LogP contribution in [0.5, 0.6) is 17.2 Å². The smallest absolute Gasteiger partial charge is 0.296 e. The zero-order valence-electron chi connectivity index (χ0n) is 21.8. The lowest BCUT2D eigenvalue weighted by Gasteiger charge is -2.25. The van der Waals surface area contributed by atoms with Crippen molar-refractivity contribution < 1.29 is 37.7 Å². The molecule has 9 heteroatoms. The van der Waals surface area contributed by atoms with E-state index in [1.807, 2.05) is 30.3 Å². The van der Waals surface area contributed by atoms with Gasteiger partial charge in [0.1, 0.15) is 18.1 Å². The standard InChI is InChI=1S/C31H26FNO7/c1-37-24-12-11-21(15-23(24)32)29(34)27-28(33(31(36)30(27)35)17-22-9-6-14-39-22)20-10-13-25(26(16-20)38-2)40-18-19-7-4-3-5-8-19/h3-16,28,34H,17-18H2,1-2H3/t28-/m0/s1. The van der Waals surface area contributed by atoms with Crippen LogP contribution in [-0.2, 0) is 22.7 Å². The first-order chi connectivity index (χ1) is 19.4. The maximum Gasteiger partial charge on any atom is 0.296 e. The molecule has 204 valence electrons. The van der Waals surface area contributed by atoms with Crippen molar-refractivity contribution in [1.29, 1.82) is 0 Å². The van der Waals surface area contributed by atoms with Gasteiger partial charge in [-0.15, -0.1) is 0 Å². The summed E-state index contributed by atoms with van der Waals surface area (Å²) in [5.74, 6) is -1.75. The lowest BCUT2D eigenvalue weighted by atomic mass is 9.95. The summed E-state index contributed by atoms with van der Waals surface area (Å²) in [7, 11) is 2.80. The van der Waals surface area contributed by atoms with Gasteiger partial charge in [-0.1, -0.05) is 36.4 Å². The zero-order valence-corrected chi connectivity index (χ0v) is 21.8. The van der Waals surface area contributed by atoms with Crippen molar-refractivity contribution in [2.24, 2.45) is 0 Å². The zero-order chi connectivity index (χ0) is 28.2. The molecule has 1 aliphatic rings. The Bertz CT molecular complexity index is 1560. The second kappa shape index (κ2) is 11.4. The summed E-state index contributed by atoms with van der Waals surface area (Å²) < 4.78 is 36.4. The lowest BCUT2D eigenvalue weighted by Crippen LogP contribution is -2.29. The number of carbonyl (C=O) groups is 2. The van der Waals surface area contributed by atoms with Crippen LogP contribution < -0.4 is 14.2 Å². The molecule has 1 aliphatic heterocycles. The first-order valence-corrected chi connectivity index (χ1v) is 12.4. The van der Waals surface area contributed by atoms with Gasteiger partial charge in [0.05, 0.1) is 38.6 Å². The number of aliphatic hydroxyl groups is 1. The maximum absolute atomic E-state index is 14.5. The number of halogens is 1. The quantitative estimate of drug-likeness (QED) is 0.166. The highest BCUT2D eigenvalue weighted by molar-refractivity contribution is 6.46. The van der Waals surface area contributed by atoms with Crippen LogP contribution in [0.2, 0.25) is 0 Å². The van der Waals surface area contributed by atoms with E-state index in [9.17, 15) is 19.1 Å². The van der Waals surface area contributed by atoms with Crippen LogP contribution in [0, 0.1) is 5.82 Å². The van der Waals surface area contributed by atoms with Crippen LogP contribution in [0.25, 0.3) is 5.76 Å². The number of ketones is 1. The van der Waals surface area contributed by atoms with Crippen molar-refractivity contribution in [2.45, 2.75) is 19.2 Å². The molecule has 1 N–H and O–H groups in total. The fourth-order valence-corrected chi connectivity index (χ4v) is 4.64. The molecule has 1 fully saturated rings. The van der Waals surface area contributed by atoms with Crippen LogP contribution in [0.4, 0.5) is 4.39 Å². The van der Waals surface area contributed by atoms with E-state index in [1.165, 1.54) is 37.5 Å². The molecule has 0 spiro atoms. The number of nitrogens with zero attached hydrogens (tertiary/aromatic N) is 1. The van der Waals surface area contributed by atoms with E-state index >= 15 is 0 Å². The van der Waals surface area contributed by atoms with Gasteiger partial charge in [-0.25, -0.2) is 4.39 Å². The summed E-state index contributed by atoms with van der Waals surface area (Å²) >= 11 is 0. The number of methoxy groups -OCH3 is 2. The minimum Gasteiger partial charge on any atom is -0.507 e. The number of hydrogen-bond donors (Lipinski definition) is 1. The van der Waals surface area contributed by atoms with Crippen LogP contribution >= 0.6 is 0 Å². The van der Waals surface area contributed by atoms with Crippen molar-refractivity contribution in [3.63, 3.8) is 0 Å². The molecule has 2 heterocycles. The van der Waals surface area contributed by atoms with Crippen molar-refractivity contribution in [2.75, 3.05) is 14.2 Å². The number of ether oxygens (including phenoxy) is 3. The predicted octanol–water partition coefficient (Wildman–Crippen LogP) is 5.64. The van der Waals surface area contributed by atoms with Crippen LogP contribution in [0.3, 0.4) is 0 Å². The van der Waals surface area contributed by atoms with E-state index in [4.69, 9.17) is 18.6 Å². The number of rotatable bonds is 9. The van der Waals surface area contributed by atoms with Crippen LogP contribution in [-0.4, -0.2) is 35.9 Å². The molecule has 5 rings (SSSR count). The Morgan fingerprint density at radius 3 is 2.35 bits per heavy atom. The molecular weight excluding hydrogens is 517 g/mol. The van der Waals surface area contributed by atoms with E-state index in [0.29, 0.717) is 29.4 Å². The molecule has 1 aromatic heterocycles. The second-order valence-electron chi connectivity index (χ2n) is 9.04. The fraction of sp³-hybridized carbons (Fsp3) is 0.161. The van der Waals surface area contributed by atoms with Gasteiger partial charge in [0.2, 0.25) is 0 Å². The summed E-state index contributed by atoms with van der Waals surface area (Å²) in [6.07, 6.45) is 1.46. The van der Waals surface area contributed by atoms with Gasteiger partial charge in [0.15, 0.2) is 23.1 Å². The number of Topliss-reactive ketones (excluding diaryl/α,β-unsaturated/α-hetero) is 1. The Labute approximate surface area is 229 Å². The number of likely N-dealkylation sites (tertiary alicyclic amines) is 1. The summed E-state index contributed by atoms with van der Waals surface area (Å²) in [6, 6.07) is 20.7. The number of hydrogen-bond acceptors (Lipinski definition) is 7. The Morgan fingerprint density at radius 2 is 1.68 bits per heavy atom. The molecule has 8 nitrogen and oxygen atoms in total. The highest BCUT2D eigenvalue weighted by Gasteiger charge is 2.46. The van der Waals surface area contributed by atoms with E-state index in [0.717, 1.165) is 11.6 Å². The third-order valence-corrected chi connectivity index (χ3v) is 6.61. The van der Waals surface area contributed by atoms with E-state index in [-0.39, 0.29) is 23.4 Å². The van der Waals surface area contributed by atoms with Gasteiger partial charge in [-0.3, -0.25) is 9.59 Å². The summed E-state index contributed by atoms with van der Waals surface area (Å²) in [4.78, 5) is 27.9. The lowest BCUT2D eigenvalue weighted by molar-refractivity contribution is -0.140. The Balaban J connectivity index is 1.58. The Kier molecular flexibility index (Phi) is 7.54. The Morgan fingerprint density at radius 1 is 0.925 bits per heavy atom. The first kappa shape index (κ1) is 26.6. The molecule has 0 saturated carbocycles. The minimum absolute atomic E-state index is 0.0223. The van der Waals surface area contributed by atoms with Crippen LogP contribution in [0.1, 0.15) is 28.5 Å². The monoisotopic (exact) mass is 543 g/mol. The van der Waals surface area contributed by atoms with Crippen molar-refractivity contribution >= 4 is 17.4 Å². The normalized spacial score (nSPS) is 16.3. The minimum atomic E-state index is -1.02. The topological polar surface area (TPSA) is 98.4 Å². The third kappa shape index (κ3) is 5.13. The average molecular weight is 544 g/mol. The molecule has 0 unspecified atom stereocenters. The molecule has 0 radical (unpaired) electrons. The Hall–Kier alpha value is -5.05. The highest BCUT2D eigenvalue weighted by atomic mass is 19.1. The molecule has 4 aromatic rings. The van der Waals surface area contributed by atoms with Crippen molar-refractivity contribution in [3.05, 3.63) is 119 Å². The number of furan rings is 1. The van der Waals surface area contributed by atoms with Gasteiger partial charge >= 0.3 is 0 Å². The molecular formula is C31H26FNO7. The predicted molar refractivity (Wildman–Crippen MR) is 143 cm³/mol. The van der Waals surface area contributed by atoms with E-state index < -0.39 is 29.3 Å². The molecule has 1 saturated heterocycles. The fourth-order valence-electron chi connectivity index (χ4n) is 4.64. The SMILES string of the molecule is COc1ccc(C(O)=C2C(=O)C(=O)N(Cc3ccco3)[C@H]2c2ccc(OCc3ccccc3)c(OC)c2)cc1F. The largest absolute Gasteiger partial charge is 0.507 e. The first-order valence-electron chi connectivity index (χ1n) is 12.4. The third-order valence-electron chi connectivity index (χ3n) is 6.61. The second-order valence-corrected chi connectivity index (χ2v) is 9.04. The van der Waals surface area contributed by atoms with Crippen molar-refractivity contribution in [1.82, 2.24) is 4.90 Å². The number of aliphatic hydroxyl groups excluding tert-OH is 1. The van der Waals surface area contributed by atoms with Crippen molar-refractivity contribution in [3.8, 4) is 17.2 Å². The van der Waals surface area contributed by atoms with Gasteiger partial charge in [0, 0.05) is 5.56 Å². The molecule has 1 atom stereocenters. The van der Waals surface area contributed by atoms with Crippen LogP contribution in [0.15, 0.2) is 95.1 Å². The number of benzene rings is 3. The number of amides is 1. The number of carbonyl (C=O) groups excluding carboxylic acids is 2. The van der Waals surface area contributed by atoms with Gasteiger partial charge in [-0.05, 0) is 53.6 Å². The van der Waals surface area contributed by atoms with Gasteiger partial charge in [-0.2, -0.15) is 0 Å². The molecule has 1 amide bonds. The van der Waals surface area contributed by atoms with Gasteiger partial charge in [0.25, 0.3) is 11.7 Å². The van der Waals surface area contributed by atoms with E-state index in [1.54, 1.807) is 30.3 Å². The maximum atomic E-state index is 14.5. The molecule has 3 aromatic carbocycles. The molecule has 0 bridgehead atoms. The van der Waals surface area contributed by atoms with Gasteiger partial charge < -0.3 is 28.6 Å². The molecule has 40 heavy (non-hydrogen) atoms.